The second kappa shape index (κ2) is 8.17. The average molecular weight is 379 g/mol. The summed E-state index contributed by atoms with van der Waals surface area (Å²) in [5.74, 6) is 0.583. The normalized spacial score (nSPS) is 15.2. The fourth-order valence-electron chi connectivity index (χ4n) is 3.30. The molecule has 0 saturated carbocycles. The Hall–Kier alpha value is -3.28. The molecule has 2 aromatic carbocycles. The van der Waals surface area contributed by atoms with Gasteiger partial charge in [0.05, 0.1) is 13.2 Å². The van der Waals surface area contributed by atoms with Gasteiger partial charge in [0.15, 0.2) is 18.1 Å². The van der Waals surface area contributed by atoms with Gasteiger partial charge in [-0.3, -0.25) is 4.79 Å². The Balaban J connectivity index is 1.32. The third kappa shape index (κ3) is 4.01. The smallest absolute Gasteiger partial charge is 0.331 e. The summed E-state index contributed by atoms with van der Waals surface area (Å²) in [4.78, 5) is 26.0. The van der Waals surface area contributed by atoms with Gasteiger partial charge in [-0.05, 0) is 41.8 Å². The molecular formula is C22H21NO5. The zero-order valence-corrected chi connectivity index (χ0v) is 15.4. The molecule has 0 spiro atoms. The maximum absolute atomic E-state index is 12.4. The molecule has 4 rings (SSSR count). The molecule has 0 unspecified atom stereocenters. The van der Waals surface area contributed by atoms with Gasteiger partial charge < -0.3 is 19.1 Å². The highest BCUT2D eigenvalue weighted by Gasteiger charge is 2.24. The monoisotopic (exact) mass is 379 g/mol. The van der Waals surface area contributed by atoms with Gasteiger partial charge in [0.2, 0.25) is 0 Å². The largest absolute Gasteiger partial charge is 0.490 e. The first-order valence-electron chi connectivity index (χ1n) is 9.33. The lowest BCUT2D eigenvalue weighted by Crippen LogP contribution is -2.33. The maximum Gasteiger partial charge on any atom is 0.331 e. The summed E-state index contributed by atoms with van der Waals surface area (Å²) in [6.45, 7) is 1.56. The number of hydrogen-bond acceptors (Lipinski definition) is 5. The molecule has 1 amide bonds. The van der Waals surface area contributed by atoms with Gasteiger partial charge in [-0.25, -0.2) is 4.79 Å². The third-order valence-corrected chi connectivity index (χ3v) is 4.71. The van der Waals surface area contributed by atoms with Gasteiger partial charge in [0.25, 0.3) is 5.91 Å². The van der Waals surface area contributed by atoms with E-state index in [4.69, 9.17) is 14.2 Å². The van der Waals surface area contributed by atoms with Gasteiger partial charge in [0.1, 0.15) is 0 Å². The van der Waals surface area contributed by atoms with Crippen molar-refractivity contribution < 1.29 is 23.8 Å². The molecule has 0 aromatic heterocycles. The molecule has 0 fully saturated rings. The van der Waals surface area contributed by atoms with Crippen LogP contribution < -0.4 is 14.4 Å². The van der Waals surface area contributed by atoms with E-state index in [9.17, 15) is 9.59 Å². The number of nitrogens with zero attached hydrogens (tertiary/aromatic N) is 1. The maximum atomic E-state index is 12.4. The molecule has 0 aliphatic carbocycles. The van der Waals surface area contributed by atoms with E-state index in [1.165, 1.54) is 6.08 Å². The van der Waals surface area contributed by atoms with E-state index in [0.717, 1.165) is 29.7 Å². The SMILES string of the molecule is O=C(/C=C/c1ccc2c(c1)OCCCO2)OCC(=O)N1CCc2ccccc21. The number of ether oxygens (including phenoxy) is 3. The molecule has 0 bridgehead atoms. The summed E-state index contributed by atoms with van der Waals surface area (Å²) in [6, 6.07) is 13.2. The Labute approximate surface area is 163 Å². The van der Waals surface area contributed by atoms with Crippen molar-refractivity contribution in [3.05, 3.63) is 59.7 Å². The van der Waals surface area contributed by atoms with E-state index in [1.807, 2.05) is 42.5 Å². The summed E-state index contributed by atoms with van der Waals surface area (Å²) in [6.07, 6.45) is 4.60. The Kier molecular flexibility index (Phi) is 5.28. The number of para-hydroxylation sites is 1. The van der Waals surface area contributed by atoms with Crippen molar-refractivity contribution in [2.24, 2.45) is 0 Å². The Morgan fingerprint density at radius 3 is 2.79 bits per heavy atom. The van der Waals surface area contributed by atoms with Crippen molar-refractivity contribution in [2.45, 2.75) is 12.8 Å². The fraction of sp³-hybridized carbons (Fsp3) is 0.273. The van der Waals surface area contributed by atoms with Crippen molar-refractivity contribution in [3.63, 3.8) is 0 Å². The first-order valence-corrected chi connectivity index (χ1v) is 9.33. The Morgan fingerprint density at radius 1 is 1.07 bits per heavy atom. The first-order chi connectivity index (χ1) is 13.7. The van der Waals surface area contributed by atoms with E-state index in [0.29, 0.717) is 31.3 Å². The minimum atomic E-state index is -0.562. The average Bonchev–Trinajstić information content (AvgIpc) is 3.01. The van der Waals surface area contributed by atoms with Crippen LogP contribution in [0.5, 0.6) is 11.5 Å². The predicted molar refractivity (Wildman–Crippen MR) is 105 cm³/mol. The van der Waals surface area contributed by atoms with Crippen LogP contribution in [0.25, 0.3) is 6.08 Å². The lowest BCUT2D eigenvalue weighted by Gasteiger charge is -2.16. The number of fused-ring (bicyclic) bond motifs is 2. The molecule has 2 aromatic rings. The summed E-state index contributed by atoms with van der Waals surface area (Å²) < 4.78 is 16.3. The van der Waals surface area contributed by atoms with Crippen LogP contribution in [0.3, 0.4) is 0 Å². The summed E-state index contributed by atoms with van der Waals surface area (Å²) in [7, 11) is 0. The van der Waals surface area contributed by atoms with Crippen LogP contribution in [-0.4, -0.2) is 38.2 Å². The standard InChI is InChI=1S/C22H21NO5/c24-21(23-11-10-17-4-1-2-5-18(17)23)15-28-22(25)9-7-16-6-8-19-20(14-16)27-13-3-12-26-19/h1-2,4-9,14H,3,10-13,15H2/b9-7+. The number of benzene rings is 2. The molecule has 2 aliphatic rings. The molecule has 2 aliphatic heterocycles. The topological polar surface area (TPSA) is 65.1 Å². The van der Waals surface area contributed by atoms with Crippen LogP contribution in [0.15, 0.2) is 48.5 Å². The van der Waals surface area contributed by atoms with Crippen LogP contribution in [0.1, 0.15) is 17.5 Å². The van der Waals surface area contributed by atoms with E-state index in [2.05, 4.69) is 0 Å². The van der Waals surface area contributed by atoms with E-state index < -0.39 is 5.97 Å². The number of anilines is 1. The highest BCUT2D eigenvalue weighted by Crippen LogP contribution is 2.31. The van der Waals surface area contributed by atoms with E-state index >= 15 is 0 Å². The zero-order valence-electron chi connectivity index (χ0n) is 15.4. The molecule has 6 nitrogen and oxygen atoms in total. The lowest BCUT2D eigenvalue weighted by atomic mass is 10.2. The number of carbonyl (C=O) groups is 2. The van der Waals surface area contributed by atoms with Crippen molar-refractivity contribution in [3.8, 4) is 11.5 Å². The summed E-state index contributed by atoms with van der Waals surface area (Å²) in [5.41, 5.74) is 2.82. The van der Waals surface area contributed by atoms with Crippen molar-refractivity contribution in [1.29, 1.82) is 0 Å². The van der Waals surface area contributed by atoms with Gasteiger partial charge in [-0.1, -0.05) is 24.3 Å². The van der Waals surface area contributed by atoms with Crippen LogP contribution in [0.2, 0.25) is 0 Å². The number of rotatable bonds is 4. The summed E-state index contributed by atoms with van der Waals surface area (Å²) >= 11 is 0. The van der Waals surface area contributed by atoms with E-state index in [1.54, 1.807) is 11.0 Å². The number of carbonyl (C=O) groups excluding carboxylic acids is 2. The second-order valence-corrected chi connectivity index (χ2v) is 6.62. The summed E-state index contributed by atoms with van der Waals surface area (Å²) in [5, 5.41) is 0. The Bertz CT molecular complexity index is 921. The third-order valence-electron chi connectivity index (χ3n) is 4.71. The highest BCUT2D eigenvalue weighted by atomic mass is 16.5. The fourth-order valence-corrected chi connectivity index (χ4v) is 3.30. The molecule has 144 valence electrons. The predicted octanol–water partition coefficient (Wildman–Crippen LogP) is 2.99. The minimum Gasteiger partial charge on any atom is -0.490 e. The second-order valence-electron chi connectivity index (χ2n) is 6.62. The lowest BCUT2D eigenvalue weighted by molar-refractivity contribution is -0.142. The van der Waals surface area contributed by atoms with Gasteiger partial charge >= 0.3 is 5.97 Å². The molecule has 28 heavy (non-hydrogen) atoms. The van der Waals surface area contributed by atoms with Crippen LogP contribution in [0.4, 0.5) is 5.69 Å². The molecule has 0 atom stereocenters. The van der Waals surface area contributed by atoms with E-state index in [-0.39, 0.29) is 12.5 Å². The molecule has 0 saturated heterocycles. The number of amides is 1. The molecule has 0 radical (unpaired) electrons. The van der Waals surface area contributed by atoms with Crippen LogP contribution in [-0.2, 0) is 20.7 Å². The molecular weight excluding hydrogens is 358 g/mol. The van der Waals surface area contributed by atoms with Crippen molar-refractivity contribution in [1.82, 2.24) is 0 Å². The number of esters is 1. The molecule has 2 heterocycles. The van der Waals surface area contributed by atoms with Crippen molar-refractivity contribution >= 4 is 23.6 Å². The quantitative estimate of drug-likeness (QED) is 0.604. The highest BCUT2D eigenvalue weighted by molar-refractivity contribution is 5.98. The minimum absolute atomic E-state index is 0.220. The van der Waals surface area contributed by atoms with Gasteiger partial charge in [-0.2, -0.15) is 0 Å². The Morgan fingerprint density at radius 2 is 1.89 bits per heavy atom. The van der Waals surface area contributed by atoms with Crippen molar-refractivity contribution in [2.75, 3.05) is 31.3 Å². The zero-order chi connectivity index (χ0) is 19.3. The van der Waals surface area contributed by atoms with Crippen LogP contribution >= 0.6 is 0 Å². The first kappa shape index (κ1) is 18.1. The van der Waals surface area contributed by atoms with Crippen LogP contribution in [0, 0.1) is 0 Å². The molecule has 0 N–H and O–H groups in total. The molecule has 6 heteroatoms. The number of hydrogen-bond donors (Lipinski definition) is 0. The van der Waals surface area contributed by atoms with Gasteiger partial charge in [0, 0.05) is 24.7 Å². The van der Waals surface area contributed by atoms with Gasteiger partial charge in [-0.15, -0.1) is 0 Å².